The summed E-state index contributed by atoms with van der Waals surface area (Å²) in [7, 11) is 0. The Morgan fingerprint density at radius 1 is 0.700 bits per heavy atom. The van der Waals surface area contributed by atoms with Crippen LogP contribution in [0.1, 0.15) is 81.4 Å². The largest absolute Gasteiger partial charge is 0.0887 e. The van der Waals surface area contributed by atoms with Crippen LogP contribution in [0.15, 0.2) is 46.6 Å². The van der Waals surface area contributed by atoms with E-state index in [9.17, 15) is 0 Å². The molecule has 0 aliphatic rings. The van der Waals surface area contributed by atoms with Crippen molar-refractivity contribution in [3.05, 3.63) is 46.6 Å². The molecule has 0 bridgehead atoms. The van der Waals surface area contributed by atoms with E-state index >= 15 is 0 Å². The highest BCUT2D eigenvalue weighted by Gasteiger charge is 1.92. The van der Waals surface area contributed by atoms with Gasteiger partial charge in [-0.25, -0.2) is 0 Å². The molecule has 0 saturated heterocycles. The van der Waals surface area contributed by atoms with Gasteiger partial charge >= 0.3 is 0 Å². The maximum Gasteiger partial charge on any atom is 0.0273 e. The van der Waals surface area contributed by atoms with Gasteiger partial charge in [-0.1, -0.05) is 46.6 Å². The second-order valence-electron chi connectivity index (χ2n) is 6.05. The van der Waals surface area contributed by atoms with Crippen molar-refractivity contribution in [1.29, 1.82) is 0 Å². The Kier molecular flexibility index (Phi) is 10.0. The highest BCUT2D eigenvalue weighted by Crippen LogP contribution is 2.13. The number of allylic oxidation sites excluding steroid dienone is 8. The smallest absolute Gasteiger partial charge is 0.0273 e. The standard InChI is InChI=1S/C20H34/c1-7-18(4)12-9-14-20(6)16-10-15-19(5)13-8-11-17(2)3/h7,11,14-15H,8-10,12-13,16H2,1-6H3/b18-7+,19-15+,20-14+/i1D. The minimum atomic E-state index is 0.408. The first-order chi connectivity index (χ1) is 9.95. The van der Waals surface area contributed by atoms with Crippen LogP contribution in [0.3, 0.4) is 0 Å². The lowest BCUT2D eigenvalue weighted by atomic mass is 10.0. The van der Waals surface area contributed by atoms with E-state index in [2.05, 4.69) is 52.8 Å². The van der Waals surface area contributed by atoms with Gasteiger partial charge in [0.05, 0.1) is 0 Å². The Bertz CT molecular complexity index is 390. The molecule has 114 valence electrons. The first-order valence-electron chi connectivity index (χ1n) is 8.56. The molecule has 20 heavy (non-hydrogen) atoms. The third kappa shape index (κ3) is 12.0. The molecule has 0 unspecified atom stereocenters. The molecule has 0 heterocycles. The van der Waals surface area contributed by atoms with Crippen molar-refractivity contribution >= 4 is 0 Å². The van der Waals surface area contributed by atoms with Crippen LogP contribution in [0.2, 0.25) is 0 Å². The zero-order chi connectivity index (χ0) is 16.1. The zero-order valence-corrected chi connectivity index (χ0v) is 14.3. The van der Waals surface area contributed by atoms with Crippen LogP contribution in [-0.2, 0) is 0 Å². The van der Waals surface area contributed by atoms with Gasteiger partial charge in [0.2, 0.25) is 0 Å². The molecule has 0 radical (unpaired) electrons. The van der Waals surface area contributed by atoms with Crippen molar-refractivity contribution in [1.82, 2.24) is 0 Å². The summed E-state index contributed by atoms with van der Waals surface area (Å²) in [6.07, 6.45) is 15.9. The molecule has 0 amide bonds. The molecular formula is C20H34. The quantitative estimate of drug-likeness (QED) is 0.392. The Morgan fingerprint density at radius 2 is 1.15 bits per heavy atom. The van der Waals surface area contributed by atoms with Gasteiger partial charge in [-0.3, -0.25) is 0 Å². The predicted molar refractivity (Wildman–Crippen MR) is 94.1 cm³/mol. The number of hydrogen-bond donors (Lipinski definition) is 0. The highest BCUT2D eigenvalue weighted by molar-refractivity contribution is 5.06. The van der Waals surface area contributed by atoms with Crippen LogP contribution in [0, 0.1) is 0 Å². The molecule has 0 spiro atoms. The summed E-state index contributed by atoms with van der Waals surface area (Å²) in [4.78, 5) is 0. The second kappa shape index (κ2) is 11.8. The first kappa shape index (κ1) is 17.0. The third-order valence-electron chi connectivity index (χ3n) is 3.50. The lowest BCUT2D eigenvalue weighted by molar-refractivity contribution is 0.899. The van der Waals surface area contributed by atoms with E-state index in [1.165, 1.54) is 41.6 Å². The van der Waals surface area contributed by atoms with Gasteiger partial charge in [-0.15, -0.1) is 0 Å². The van der Waals surface area contributed by atoms with E-state index in [0.29, 0.717) is 6.90 Å². The normalized spacial score (nSPS) is 14.2. The van der Waals surface area contributed by atoms with Crippen molar-refractivity contribution in [2.45, 2.75) is 80.0 Å². The highest BCUT2D eigenvalue weighted by atomic mass is 14.0. The molecule has 0 fully saturated rings. The zero-order valence-electron chi connectivity index (χ0n) is 15.3. The molecule has 0 heteroatoms. The fourth-order valence-corrected chi connectivity index (χ4v) is 1.99. The lowest BCUT2D eigenvalue weighted by Crippen LogP contribution is -1.82. The monoisotopic (exact) mass is 275 g/mol. The van der Waals surface area contributed by atoms with Gasteiger partial charge in [-0.2, -0.15) is 0 Å². The van der Waals surface area contributed by atoms with Crippen molar-refractivity contribution in [2.24, 2.45) is 0 Å². The fraction of sp³-hybridized carbons (Fsp3) is 0.600. The van der Waals surface area contributed by atoms with Crippen molar-refractivity contribution in [2.75, 3.05) is 0 Å². The van der Waals surface area contributed by atoms with E-state index in [0.717, 1.165) is 19.3 Å². The number of hydrogen-bond acceptors (Lipinski definition) is 0. The van der Waals surface area contributed by atoms with Crippen LogP contribution in [0.4, 0.5) is 0 Å². The summed E-state index contributed by atoms with van der Waals surface area (Å²) in [6.45, 7) is 11.3. The predicted octanol–water partition coefficient (Wildman–Crippen LogP) is 7.15. The van der Waals surface area contributed by atoms with Crippen molar-refractivity contribution in [3.63, 3.8) is 0 Å². The lowest BCUT2D eigenvalue weighted by Gasteiger charge is -2.02. The topological polar surface area (TPSA) is 0 Å². The molecule has 0 aromatic rings. The molecule has 0 aromatic heterocycles. The maximum atomic E-state index is 7.15. The average Bonchev–Trinajstić information content (AvgIpc) is 2.38. The van der Waals surface area contributed by atoms with Crippen molar-refractivity contribution in [3.8, 4) is 0 Å². The Balaban J connectivity index is 3.93. The minimum Gasteiger partial charge on any atom is -0.0887 e. The van der Waals surface area contributed by atoms with Crippen molar-refractivity contribution < 1.29 is 1.37 Å². The van der Waals surface area contributed by atoms with Gasteiger partial charge in [-0.05, 0) is 80.0 Å². The summed E-state index contributed by atoms with van der Waals surface area (Å²) in [5.41, 5.74) is 5.75. The first-order valence-corrected chi connectivity index (χ1v) is 7.85. The molecule has 0 rings (SSSR count). The van der Waals surface area contributed by atoms with E-state index in [1.807, 2.05) is 6.08 Å². The Labute approximate surface area is 128 Å². The molecule has 0 aliphatic heterocycles. The van der Waals surface area contributed by atoms with Crippen LogP contribution in [0.25, 0.3) is 0 Å². The fourth-order valence-electron chi connectivity index (χ4n) is 1.99. The van der Waals surface area contributed by atoms with Gasteiger partial charge in [0.25, 0.3) is 0 Å². The average molecular weight is 275 g/mol. The molecule has 0 atom stereocenters. The molecule has 0 aromatic carbocycles. The third-order valence-corrected chi connectivity index (χ3v) is 3.50. The van der Waals surface area contributed by atoms with Crippen LogP contribution >= 0.6 is 0 Å². The molecule has 0 saturated carbocycles. The van der Waals surface area contributed by atoms with Gasteiger partial charge < -0.3 is 0 Å². The van der Waals surface area contributed by atoms with E-state index in [-0.39, 0.29) is 0 Å². The summed E-state index contributed by atoms with van der Waals surface area (Å²) >= 11 is 0. The van der Waals surface area contributed by atoms with E-state index in [1.54, 1.807) is 0 Å². The summed E-state index contributed by atoms with van der Waals surface area (Å²) < 4.78 is 7.15. The minimum absolute atomic E-state index is 0.408. The van der Waals surface area contributed by atoms with E-state index in [4.69, 9.17) is 1.37 Å². The van der Waals surface area contributed by atoms with E-state index < -0.39 is 0 Å². The van der Waals surface area contributed by atoms with Gasteiger partial charge in [0.15, 0.2) is 0 Å². The second-order valence-corrected chi connectivity index (χ2v) is 6.05. The summed E-state index contributed by atoms with van der Waals surface area (Å²) in [5.74, 6) is 0. The molecular weight excluding hydrogens is 240 g/mol. The molecule has 0 N–H and O–H groups in total. The van der Waals surface area contributed by atoms with Crippen LogP contribution < -0.4 is 0 Å². The van der Waals surface area contributed by atoms with Crippen LogP contribution in [0.5, 0.6) is 0 Å². The Hall–Kier alpha value is -1.04. The summed E-state index contributed by atoms with van der Waals surface area (Å²) in [6, 6.07) is 0. The van der Waals surface area contributed by atoms with Crippen LogP contribution in [-0.4, -0.2) is 0 Å². The number of rotatable bonds is 9. The van der Waals surface area contributed by atoms with Gasteiger partial charge in [0.1, 0.15) is 0 Å². The molecule has 0 nitrogen and oxygen atoms in total. The maximum absolute atomic E-state index is 7.15. The summed E-state index contributed by atoms with van der Waals surface area (Å²) in [5, 5.41) is 0. The Morgan fingerprint density at radius 3 is 1.60 bits per heavy atom. The SMILES string of the molecule is [2H]C/C=C(\C)CC/C=C(\C)CC/C=C(\C)CCC=C(C)C. The molecule has 0 aliphatic carbocycles. The van der Waals surface area contributed by atoms with Gasteiger partial charge in [0, 0.05) is 1.37 Å².